The number of aliphatic hydroxyl groups is 1. The number of hydrogen-bond acceptors (Lipinski definition) is 6. The van der Waals surface area contributed by atoms with E-state index in [0.29, 0.717) is 45.4 Å². The van der Waals surface area contributed by atoms with Gasteiger partial charge in [-0.2, -0.15) is 0 Å². The van der Waals surface area contributed by atoms with Crippen LogP contribution in [0.5, 0.6) is 0 Å². The van der Waals surface area contributed by atoms with Crippen molar-refractivity contribution in [2.45, 2.75) is 53.2 Å². The van der Waals surface area contributed by atoms with E-state index in [1.807, 2.05) is 20.8 Å². The largest absolute Gasteiger partial charge is 0.500 e. The maximum Gasteiger partial charge on any atom is 0.500 e. The summed E-state index contributed by atoms with van der Waals surface area (Å²) in [5, 5.41) is 9.54. The topological polar surface area (TPSA) is 77.5 Å². The van der Waals surface area contributed by atoms with Gasteiger partial charge in [-0.1, -0.05) is 0 Å². The Morgan fingerprint density at radius 3 is 1.96 bits per heavy atom. The van der Waals surface area contributed by atoms with Crippen molar-refractivity contribution in [2.24, 2.45) is 0 Å². The van der Waals surface area contributed by atoms with Crippen molar-refractivity contribution in [3.05, 3.63) is 0 Å². The van der Waals surface area contributed by atoms with Gasteiger partial charge in [-0.3, -0.25) is 0 Å². The van der Waals surface area contributed by atoms with E-state index in [4.69, 9.17) is 18.0 Å². The highest BCUT2D eigenvalue weighted by atomic mass is 28.4. The lowest BCUT2D eigenvalue weighted by molar-refractivity contribution is 0.0656. The van der Waals surface area contributed by atoms with E-state index >= 15 is 0 Å². The highest BCUT2D eigenvalue weighted by molar-refractivity contribution is 6.60. The Morgan fingerprint density at radius 2 is 1.57 bits per heavy atom. The first-order valence-electron chi connectivity index (χ1n) is 8.46. The zero-order chi connectivity index (χ0) is 17.7. The summed E-state index contributed by atoms with van der Waals surface area (Å²) >= 11 is 0. The molecule has 0 heterocycles. The molecule has 1 unspecified atom stereocenters. The van der Waals surface area contributed by atoms with Crippen molar-refractivity contribution in [1.29, 1.82) is 0 Å². The van der Waals surface area contributed by atoms with E-state index in [1.54, 1.807) is 13.8 Å². The lowest BCUT2D eigenvalue weighted by Gasteiger charge is -2.29. The molecule has 0 aliphatic heterocycles. The fourth-order valence-electron chi connectivity index (χ4n) is 2.28. The van der Waals surface area contributed by atoms with Gasteiger partial charge in [-0.25, -0.2) is 4.79 Å². The summed E-state index contributed by atoms with van der Waals surface area (Å²) in [4.78, 5) is 13.4. The van der Waals surface area contributed by atoms with Gasteiger partial charge < -0.3 is 28.0 Å². The van der Waals surface area contributed by atoms with E-state index < -0.39 is 21.0 Å². The van der Waals surface area contributed by atoms with Crippen molar-refractivity contribution < 1.29 is 27.9 Å². The predicted molar refractivity (Wildman–Crippen MR) is 90.3 cm³/mol. The molecule has 8 heteroatoms. The van der Waals surface area contributed by atoms with E-state index in [2.05, 4.69) is 0 Å². The highest BCUT2D eigenvalue weighted by Gasteiger charge is 2.40. The zero-order valence-corrected chi connectivity index (χ0v) is 16.2. The van der Waals surface area contributed by atoms with Gasteiger partial charge in [0.25, 0.3) is 0 Å². The second-order valence-electron chi connectivity index (χ2n) is 5.08. The van der Waals surface area contributed by atoms with Crippen LogP contribution in [0, 0.1) is 0 Å². The predicted octanol–water partition coefficient (Wildman–Crippen LogP) is 2.26. The average Bonchev–Trinajstić information content (AvgIpc) is 2.47. The summed E-state index contributed by atoms with van der Waals surface area (Å²) in [6.45, 7) is 11.8. The van der Waals surface area contributed by atoms with Crippen LogP contribution < -0.4 is 0 Å². The second kappa shape index (κ2) is 12.7. The standard InChI is InChI=1S/C15H33NO6Si/c1-6-19-15(18)16(13-14(5)17)11-10-12-23(20-7-2,21-8-3)22-9-4/h14,17H,6-13H2,1-5H3. The number of aliphatic hydroxyl groups excluding tert-OH is 1. The van der Waals surface area contributed by atoms with E-state index in [0.717, 1.165) is 0 Å². The Bertz CT molecular complexity index is 299. The molecular weight excluding hydrogens is 318 g/mol. The van der Waals surface area contributed by atoms with Crippen LogP contribution in [0.3, 0.4) is 0 Å². The van der Waals surface area contributed by atoms with Crippen LogP contribution in [0.2, 0.25) is 6.04 Å². The lowest BCUT2D eigenvalue weighted by atomic mass is 10.3. The number of hydrogen-bond donors (Lipinski definition) is 1. The maximum atomic E-state index is 11.9. The summed E-state index contributed by atoms with van der Waals surface area (Å²) in [7, 11) is -2.70. The third-order valence-electron chi connectivity index (χ3n) is 3.01. The molecule has 0 aliphatic carbocycles. The first-order valence-corrected chi connectivity index (χ1v) is 10.4. The van der Waals surface area contributed by atoms with Gasteiger partial charge in [0, 0.05) is 39.0 Å². The summed E-state index contributed by atoms with van der Waals surface area (Å²) < 4.78 is 22.4. The number of rotatable bonds is 13. The van der Waals surface area contributed by atoms with Gasteiger partial charge in [-0.05, 0) is 41.0 Å². The number of nitrogens with zero attached hydrogens (tertiary/aromatic N) is 1. The van der Waals surface area contributed by atoms with Crippen molar-refractivity contribution in [2.75, 3.05) is 39.5 Å². The van der Waals surface area contributed by atoms with Crippen LogP contribution in [0.4, 0.5) is 4.79 Å². The molecule has 0 saturated heterocycles. The smallest absolute Gasteiger partial charge is 0.450 e. The van der Waals surface area contributed by atoms with Crippen LogP contribution in [0.25, 0.3) is 0 Å². The molecule has 7 nitrogen and oxygen atoms in total. The van der Waals surface area contributed by atoms with Gasteiger partial charge in [0.05, 0.1) is 12.7 Å². The summed E-state index contributed by atoms with van der Waals surface area (Å²) in [5.41, 5.74) is 0. The fourth-order valence-corrected chi connectivity index (χ4v) is 4.87. The molecule has 1 atom stereocenters. The Balaban J connectivity index is 4.68. The molecule has 0 fully saturated rings. The van der Waals surface area contributed by atoms with Gasteiger partial charge >= 0.3 is 14.9 Å². The molecule has 0 spiro atoms. The first kappa shape index (κ1) is 22.3. The van der Waals surface area contributed by atoms with E-state index in [1.165, 1.54) is 4.90 Å². The zero-order valence-electron chi connectivity index (χ0n) is 15.2. The third kappa shape index (κ3) is 9.26. The van der Waals surface area contributed by atoms with Crippen LogP contribution in [0.15, 0.2) is 0 Å². The number of carbonyl (C=O) groups is 1. The quantitative estimate of drug-likeness (QED) is 0.513. The molecule has 1 amide bonds. The Kier molecular flexibility index (Phi) is 12.3. The van der Waals surface area contributed by atoms with Gasteiger partial charge in [0.15, 0.2) is 0 Å². The molecule has 0 aliphatic rings. The van der Waals surface area contributed by atoms with Crippen LogP contribution in [0.1, 0.15) is 41.0 Å². The Labute approximate surface area is 141 Å². The summed E-state index contributed by atoms with van der Waals surface area (Å²) in [6, 6.07) is 0.623. The van der Waals surface area contributed by atoms with Gasteiger partial charge in [-0.15, -0.1) is 0 Å². The Morgan fingerprint density at radius 1 is 1.04 bits per heavy atom. The first-order chi connectivity index (χ1) is 10.9. The average molecular weight is 352 g/mol. The van der Waals surface area contributed by atoms with Gasteiger partial charge in [0.2, 0.25) is 0 Å². The summed E-state index contributed by atoms with van der Waals surface area (Å²) in [5.74, 6) is 0. The van der Waals surface area contributed by atoms with E-state index in [9.17, 15) is 9.90 Å². The maximum absolute atomic E-state index is 11.9. The molecule has 23 heavy (non-hydrogen) atoms. The molecule has 1 N–H and O–H groups in total. The third-order valence-corrected chi connectivity index (χ3v) is 6.17. The molecule has 0 aromatic rings. The van der Waals surface area contributed by atoms with Crippen molar-refractivity contribution in [3.8, 4) is 0 Å². The molecular formula is C15H33NO6Si. The lowest BCUT2D eigenvalue weighted by Crippen LogP contribution is -2.47. The molecule has 0 rings (SSSR count). The molecule has 0 aromatic heterocycles. The highest BCUT2D eigenvalue weighted by Crippen LogP contribution is 2.18. The number of ether oxygens (including phenoxy) is 1. The van der Waals surface area contributed by atoms with Crippen molar-refractivity contribution >= 4 is 14.9 Å². The van der Waals surface area contributed by atoms with Gasteiger partial charge in [0.1, 0.15) is 0 Å². The minimum absolute atomic E-state index is 0.241. The minimum Gasteiger partial charge on any atom is -0.450 e. The van der Waals surface area contributed by atoms with Crippen molar-refractivity contribution in [1.82, 2.24) is 4.90 Å². The van der Waals surface area contributed by atoms with Crippen LogP contribution >= 0.6 is 0 Å². The van der Waals surface area contributed by atoms with Crippen molar-refractivity contribution in [3.63, 3.8) is 0 Å². The minimum atomic E-state index is -2.70. The van der Waals surface area contributed by atoms with Crippen LogP contribution in [-0.2, 0) is 18.0 Å². The second-order valence-corrected chi connectivity index (χ2v) is 7.81. The summed E-state index contributed by atoms with van der Waals surface area (Å²) in [6.07, 6.45) is -0.352. The van der Waals surface area contributed by atoms with Crippen LogP contribution in [-0.4, -0.2) is 70.5 Å². The molecule has 0 radical (unpaired) electrons. The normalized spacial score (nSPS) is 13.0. The molecule has 0 saturated carbocycles. The number of amides is 1. The monoisotopic (exact) mass is 351 g/mol. The molecule has 0 aromatic carbocycles. The number of carbonyl (C=O) groups excluding carboxylic acids is 1. The van der Waals surface area contributed by atoms with E-state index in [-0.39, 0.29) is 6.54 Å². The fraction of sp³-hybridized carbons (Fsp3) is 0.933. The molecule has 138 valence electrons. The SMILES string of the molecule is CCOC(=O)N(CCC[Si](OCC)(OCC)OCC)CC(C)O. The Hall–Kier alpha value is -0.673. The molecule has 0 bridgehead atoms.